The molecule has 5 heteroatoms. The van der Waals surface area contributed by atoms with Crippen LogP contribution in [-0.2, 0) is 4.79 Å². The highest BCUT2D eigenvalue weighted by Crippen LogP contribution is 2.34. The monoisotopic (exact) mass is 314 g/mol. The molecule has 0 saturated heterocycles. The molecule has 1 aliphatic rings. The second kappa shape index (κ2) is 6.32. The molecular formula is C17H18N2O2S. The van der Waals surface area contributed by atoms with Crippen molar-refractivity contribution in [2.24, 2.45) is 5.10 Å². The van der Waals surface area contributed by atoms with Crippen LogP contribution in [0.15, 0.2) is 46.9 Å². The van der Waals surface area contributed by atoms with E-state index in [1.165, 1.54) is 0 Å². The zero-order valence-corrected chi connectivity index (χ0v) is 13.5. The van der Waals surface area contributed by atoms with Crippen molar-refractivity contribution in [2.75, 3.05) is 7.11 Å². The molecule has 2 aromatic rings. The SMILES string of the molecule is CCC(=O)N1N=C(c2cccs2)C[C@@H]1c1ccc(OC)cc1. The Kier molecular flexibility index (Phi) is 4.24. The van der Waals surface area contributed by atoms with Gasteiger partial charge in [0, 0.05) is 12.8 Å². The van der Waals surface area contributed by atoms with E-state index in [0.717, 1.165) is 28.3 Å². The Morgan fingerprint density at radius 1 is 1.36 bits per heavy atom. The highest BCUT2D eigenvalue weighted by Gasteiger charge is 2.32. The van der Waals surface area contributed by atoms with Crippen molar-refractivity contribution in [1.29, 1.82) is 0 Å². The van der Waals surface area contributed by atoms with E-state index in [-0.39, 0.29) is 11.9 Å². The first-order valence-electron chi connectivity index (χ1n) is 7.30. The topological polar surface area (TPSA) is 41.9 Å². The van der Waals surface area contributed by atoms with Crippen molar-refractivity contribution >= 4 is 23.0 Å². The highest BCUT2D eigenvalue weighted by molar-refractivity contribution is 7.12. The first kappa shape index (κ1) is 14.8. The predicted molar refractivity (Wildman–Crippen MR) is 88.3 cm³/mol. The number of rotatable bonds is 4. The van der Waals surface area contributed by atoms with E-state index < -0.39 is 0 Å². The lowest BCUT2D eigenvalue weighted by molar-refractivity contribution is -0.132. The van der Waals surface area contributed by atoms with Crippen LogP contribution in [0, 0.1) is 0 Å². The van der Waals surface area contributed by atoms with E-state index in [9.17, 15) is 4.79 Å². The molecule has 0 unspecified atom stereocenters. The molecule has 0 bridgehead atoms. The summed E-state index contributed by atoms with van der Waals surface area (Å²) in [4.78, 5) is 13.4. The number of hydrogen-bond acceptors (Lipinski definition) is 4. The third-order valence-electron chi connectivity index (χ3n) is 3.77. The van der Waals surface area contributed by atoms with E-state index in [4.69, 9.17) is 4.74 Å². The number of carbonyl (C=O) groups excluding carboxylic acids is 1. The maximum absolute atomic E-state index is 12.2. The lowest BCUT2D eigenvalue weighted by atomic mass is 10.0. The Hall–Kier alpha value is -2.14. The molecule has 2 heterocycles. The minimum absolute atomic E-state index is 0.0320. The van der Waals surface area contributed by atoms with Gasteiger partial charge in [0.15, 0.2) is 0 Å². The Bertz CT molecular complexity index is 677. The van der Waals surface area contributed by atoms with Gasteiger partial charge >= 0.3 is 0 Å². The molecule has 1 aromatic carbocycles. The van der Waals surface area contributed by atoms with Gasteiger partial charge in [-0.1, -0.05) is 25.1 Å². The van der Waals surface area contributed by atoms with Crippen LogP contribution in [0.5, 0.6) is 5.75 Å². The van der Waals surface area contributed by atoms with Gasteiger partial charge in [0.05, 0.1) is 23.7 Å². The van der Waals surface area contributed by atoms with Crippen LogP contribution in [0.1, 0.15) is 36.2 Å². The van der Waals surface area contributed by atoms with E-state index in [1.54, 1.807) is 23.5 Å². The quantitative estimate of drug-likeness (QED) is 0.860. The maximum Gasteiger partial charge on any atom is 0.242 e. The Balaban J connectivity index is 1.91. The molecule has 22 heavy (non-hydrogen) atoms. The molecule has 1 aromatic heterocycles. The summed E-state index contributed by atoms with van der Waals surface area (Å²) in [6.45, 7) is 1.87. The summed E-state index contributed by atoms with van der Waals surface area (Å²) >= 11 is 1.66. The van der Waals surface area contributed by atoms with Crippen molar-refractivity contribution in [2.45, 2.75) is 25.8 Å². The van der Waals surface area contributed by atoms with Gasteiger partial charge < -0.3 is 4.74 Å². The second-order valence-corrected chi connectivity index (χ2v) is 6.06. The fourth-order valence-electron chi connectivity index (χ4n) is 2.58. The number of ether oxygens (including phenoxy) is 1. The smallest absolute Gasteiger partial charge is 0.242 e. The van der Waals surface area contributed by atoms with Crippen molar-refractivity contribution in [3.05, 3.63) is 52.2 Å². The van der Waals surface area contributed by atoms with Gasteiger partial charge in [0.1, 0.15) is 5.75 Å². The number of hydrazone groups is 1. The molecule has 0 N–H and O–H groups in total. The van der Waals surface area contributed by atoms with Crippen LogP contribution >= 0.6 is 11.3 Å². The number of carbonyl (C=O) groups is 1. The zero-order valence-electron chi connectivity index (χ0n) is 12.7. The summed E-state index contributed by atoms with van der Waals surface area (Å²) in [6.07, 6.45) is 1.20. The van der Waals surface area contributed by atoms with E-state index >= 15 is 0 Å². The largest absolute Gasteiger partial charge is 0.497 e. The van der Waals surface area contributed by atoms with Gasteiger partial charge in [-0.05, 0) is 29.1 Å². The molecule has 114 valence electrons. The molecule has 0 aliphatic carbocycles. The molecule has 1 amide bonds. The van der Waals surface area contributed by atoms with Crippen LogP contribution in [0.4, 0.5) is 0 Å². The fourth-order valence-corrected chi connectivity index (χ4v) is 3.30. The normalized spacial score (nSPS) is 17.5. The zero-order chi connectivity index (χ0) is 15.5. The first-order valence-corrected chi connectivity index (χ1v) is 8.18. The molecule has 0 saturated carbocycles. The lowest BCUT2D eigenvalue weighted by Gasteiger charge is -2.21. The van der Waals surface area contributed by atoms with Crippen molar-refractivity contribution < 1.29 is 9.53 Å². The van der Waals surface area contributed by atoms with Crippen molar-refractivity contribution in [3.8, 4) is 5.75 Å². The van der Waals surface area contributed by atoms with Crippen LogP contribution in [-0.4, -0.2) is 23.7 Å². The van der Waals surface area contributed by atoms with Crippen LogP contribution in [0.3, 0.4) is 0 Å². The van der Waals surface area contributed by atoms with Gasteiger partial charge in [-0.3, -0.25) is 4.79 Å². The average molecular weight is 314 g/mol. The molecule has 3 rings (SSSR count). The summed E-state index contributed by atoms with van der Waals surface area (Å²) in [5, 5.41) is 8.25. The predicted octanol–water partition coefficient (Wildman–Crippen LogP) is 3.84. The minimum Gasteiger partial charge on any atom is -0.497 e. The fraction of sp³-hybridized carbons (Fsp3) is 0.294. The summed E-state index contributed by atoms with van der Waals surface area (Å²) in [5.74, 6) is 0.863. The third kappa shape index (κ3) is 2.76. The molecule has 1 atom stereocenters. The number of nitrogens with zero attached hydrogens (tertiary/aromatic N) is 2. The van der Waals surface area contributed by atoms with Gasteiger partial charge in [-0.15, -0.1) is 11.3 Å². The van der Waals surface area contributed by atoms with Crippen LogP contribution < -0.4 is 4.74 Å². The number of amides is 1. The summed E-state index contributed by atoms with van der Waals surface area (Å²) in [6, 6.07) is 11.9. The van der Waals surface area contributed by atoms with Crippen molar-refractivity contribution in [1.82, 2.24) is 5.01 Å². The lowest BCUT2D eigenvalue weighted by Crippen LogP contribution is -2.26. The number of hydrogen-bond donors (Lipinski definition) is 0. The Morgan fingerprint density at radius 3 is 2.73 bits per heavy atom. The second-order valence-electron chi connectivity index (χ2n) is 5.11. The maximum atomic E-state index is 12.2. The van der Waals surface area contributed by atoms with Gasteiger partial charge in [-0.25, -0.2) is 5.01 Å². The number of thiophene rings is 1. The van der Waals surface area contributed by atoms with Crippen molar-refractivity contribution in [3.63, 3.8) is 0 Å². The van der Waals surface area contributed by atoms with Gasteiger partial charge in [0.2, 0.25) is 5.91 Å². The molecule has 4 nitrogen and oxygen atoms in total. The molecule has 1 aliphatic heterocycles. The molecule has 0 radical (unpaired) electrons. The molecular weight excluding hydrogens is 296 g/mol. The molecule has 0 fully saturated rings. The minimum atomic E-state index is -0.0320. The summed E-state index contributed by atoms with van der Waals surface area (Å²) in [7, 11) is 1.65. The first-order chi connectivity index (χ1) is 10.7. The average Bonchev–Trinajstić information content (AvgIpc) is 3.23. The van der Waals surface area contributed by atoms with E-state index in [1.807, 2.05) is 42.6 Å². The standard InChI is InChI=1S/C17H18N2O2S/c1-3-17(20)19-15(12-6-8-13(21-2)9-7-12)11-14(18-19)16-5-4-10-22-16/h4-10,15H,3,11H2,1-2H3/t15-/m1/s1. The van der Waals surface area contributed by atoms with Gasteiger partial charge in [-0.2, -0.15) is 5.10 Å². The van der Waals surface area contributed by atoms with Crippen LogP contribution in [0.25, 0.3) is 0 Å². The van der Waals surface area contributed by atoms with Crippen LogP contribution in [0.2, 0.25) is 0 Å². The summed E-state index contributed by atoms with van der Waals surface area (Å²) in [5.41, 5.74) is 2.07. The Labute approximate surface area is 134 Å². The molecule has 0 spiro atoms. The highest BCUT2D eigenvalue weighted by atomic mass is 32.1. The summed E-state index contributed by atoms with van der Waals surface area (Å²) < 4.78 is 5.20. The Morgan fingerprint density at radius 2 is 2.14 bits per heavy atom. The number of benzene rings is 1. The van der Waals surface area contributed by atoms with E-state index in [2.05, 4.69) is 11.2 Å². The third-order valence-corrected chi connectivity index (χ3v) is 4.69. The van der Waals surface area contributed by atoms with Gasteiger partial charge in [0.25, 0.3) is 0 Å². The van der Waals surface area contributed by atoms with E-state index in [0.29, 0.717) is 6.42 Å². The number of methoxy groups -OCH3 is 1.